The maximum Gasteiger partial charge on any atom is 0.308 e. The van der Waals surface area contributed by atoms with Gasteiger partial charge in [0.25, 0.3) is 21.2 Å². The molecule has 0 saturated heterocycles. The third-order valence-electron chi connectivity index (χ3n) is 4.63. The minimum Gasteiger partial charge on any atom is -0.469 e. The van der Waals surface area contributed by atoms with Gasteiger partial charge in [-0.2, -0.15) is 0 Å². The molecule has 2 saturated carbocycles. The summed E-state index contributed by atoms with van der Waals surface area (Å²) in [6, 6.07) is 0. The van der Waals surface area contributed by atoms with Gasteiger partial charge in [0.2, 0.25) is 0 Å². The number of carbonyl (C=O) groups is 3. The van der Waals surface area contributed by atoms with Gasteiger partial charge in [0.1, 0.15) is 0 Å². The van der Waals surface area contributed by atoms with E-state index in [0.717, 1.165) is 38.5 Å². The van der Waals surface area contributed by atoms with Gasteiger partial charge in [-0.25, -0.2) is 0 Å². The van der Waals surface area contributed by atoms with Crippen LogP contribution < -0.4 is 21.2 Å². The molecule has 0 amide bonds. The Kier molecular flexibility index (Phi) is 6.64. The van der Waals surface area contributed by atoms with Crippen molar-refractivity contribution in [3.63, 3.8) is 0 Å². The Morgan fingerprint density at radius 2 is 1.57 bits per heavy atom. The lowest BCUT2D eigenvalue weighted by atomic mass is 9.87. The highest BCUT2D eigenvalue weighted by molar-refractivity contribution is 6.25. The van der Waals surface area contributed by atoms with Gasteiger partial charge in [-0.3, -0.25) is 14.4 Å². The van der Waals surface area contributed by atoms with Crippen LogP contribution in [0.5, 0.6) is 0 Å². The predicted molar refractivity (Wildman–Crippen MR) is 74.6 cm³/mol. The number of ether oxygens (including phenoxy) is 1. The zero-order valence-electron chi connectivity index (χ0n) is 12.6. The van der Waals surface area contributed by atoms with Crippen molar-refractivity contribution in [2.45, 2.75) is 59.2 Å². The van der Waals surface area contributed by atoms with Crippen molar-refractivity contribution in [3.05, 3.63) is 0 Å². The van der Waals surface area contributed by atoms with E-state index in [1.54, 1.807) is 0 Å². The maximum absolute atomic E-state index is 11.7. The molecule has 4 nitrogen and oxygen atoms in total. The molecule has 2 aliphatic carbocycles. The third kappa shape index (κ3) is 4.76. The van der Waals surface area contributed by atoms with E-state index in [9.17, 15) is 14.4 Å². The van der Waals surface area contributed by atoms with Crippen molar-refractivity contribution < 1.29 is 40.3 Å². The molecular weight excluding hydrogens is 383 g/mol. The number of rotatable bonds is 5. The normalized spacial score (nSPS) is 33.2. The molecule has 0 radical (unpaired) electrons. The van der Waals surface area contributed by atoms with Crippen LogP contribution in [0.2, 0.25) is 0 Å². The average Bonchev–Trinajstić information content (AvgIpc) is 2.53. The summed E-state index contributed by atoms with van der Waals surface area (Å²) in [7, 11) is 1.47. The van der Waals surface area contributed by atoms with Crippen LogP contribution in [0.25, 0.3) is 0 Å². The molecule has 4 unspecified atom stereocenters. The van der Waals surface area contributed by atoms with Crippen molar-refractivity contribution >= 4 is 18.0 Å². The molecule has 0 N–H and O–H groups in total. The van der Waals surface area contributed by atoms with E-state index in [0.29, 0.717) is 14.1 Å². The van der Waals surface area contributed by atoms with Crippen LogP contribution in [0.3, 0.4) is 0 Å². The zero-order valence-corrected chi connectivity index (χ0v) is 14.7. The average molecular weight is 407 g/mol. The van der Waals surface area contributed by atoms with E-state index >= 15 is 0 Å². The van der Waals surface area contributed by atoms with E-state index < -0.39 is 0 Å². The number of ketones is 1. The van der Waals surface area contributed by atoms with Crippen LogP contribution in [0, 0.1) is 11.8 Å². The van der Waals surface area contributed by atoms with Crippen molar-refractivity contribution in [2.24, 2.45) is 11.8 Å². The lowest BCUT2D eigenvalue weighted by Crippen LogP contribution is -3.68. The smallest absolute Gasteiger partial charge is 0.308 e. The molecule has 2 fully saturated rings. The molecule has 21 heavy (non-hydrogen) atoms. The Balaban J connectivity index is 1.84. The Bertz CT molecular complexity index is 396. The molecule has 0 aromatic heterocycles. The van der Waals surface area contributed by atoms with Gasteiger partial charge in [0.05, 0.1) is 13.0 Å². The summed E-state index contributed by atoms with van der Waals surface area (Å²) in [6.45, 7) is 0. The molecule has 0 aromatic rings. The summed E-state index contributed by atoms with van der Waals surface area (Å²) in [4.78, 5) is 33.9. The highest BCUT2D eigenvalue weighted by Gasteiger charge is 2.41. The summed E-state index contributed by atoms with van der Waals surface area (Å²) < 4.78 is 6.20. The summed E-state index contributed by atoms with van der Waals surface area (Å²) in [6.07, 6.45) is 8.84. The number of hydrogen-bond acceptors (Lipinski definition) is 4. The first-order valence-corrected chi connectivity index (χ1v) is 10.3. The van der Waals surface area contributed by atoms with Gasteiger partial charge in [-0.15, -0.1) is 0 Å². The largest absolute Gasteiger partial charge is 0.469 e. The minimum absolute atomic E-state index is 0.00942. The second-order valence-electron chi connectivity index (χ2n) is 6.09. The van der Waals surface area contributed by atoms with Crippen LogP contribution >= 0.6 is 0 Å². The van der Waals surface area contributed by atoms with E-state index in [2.05, 4.69) is 0 Å². The van der Waals surface area contributed by atoms with Crippen molar-refractivity contribution in [1.29, 1.82) is 0 Å². The van der Waals surface area contributed by atoms with E-state index in [4.69, 9.17) is 4.74 Å². The maximum atomic E-state index is 11.7. The lowest BCUT2D eigenvalue weighted by molar-refractivity contribution is -0.727. The number of alkyl halides is 2. The van der Waals surface area contributed by atoms with Gasteiger partial charge < -0.3 is 4.74 Å². The third-order valence-corrected chi connectivity index (χ3v) is 8.93. The highest BCUT2D eigenvalue weighted by Crippen LogP contribution is 2.25. The van der Waals surface area contributed by atoms with Crippen LogP contribution in [0.1, 0.15) is 51.4 Å². The molecule has 0 heterocycles. The fourth-order valence-electron chi connectivity index (χ4n) is 3.48. The van der Waals surface area contributed by atoms with Crippen LogP contribution in [0.4, 0.5) is 0 Å². The fourth-order valence-corrected chi connectivity index (χ4v) is 8.33. The van der Waals surface area contributed by atoms with Crippen molar-refractivity contribution in [2.75, 3.05) is 7.11 Å². The van der Waals surface area contributed by atoms with E-state index in [1.807, 2.05) is 0 Å². The van der Waals surface area contributed by atoms with E-state index in [1.165, 1.54) is 20.0 Å². The monoisotopic (exact) mass is 407 g/mol. The SMILES string of the molecule is COC(=O)C1CCCC([I+]C2CCCC(C(=O)C=O)C2)C1. The Labute approximate surface area is 136 Å². The summed E-state index contributed by atoms with van der Waals surface area (Å²) in [5.41, 5.74) is 0. The molecule has 0 spiro atoms. The molecule has 0 aromatic carbocycles. The molecule has 4 atom stereocenters. The molecule has 0 bridgehead atoms. The second kappa shape index (κ2) is 8.25. The number of methoxy groups -OCH3 is 1. The predicted octanol–water partition coefficient (Wildman–Crippen LogP) is -0.866. The van der Waals surface area contributed by atoms with Gasteiger partial charge in [-0.1, -0.05) is 0 Å². The Morgan fingerprint density at radius 1 is 1.00 bits per heavy atom. The number of halogens is 1. The Hall–Kier alpha value is -0.460. The molecule has 0 aliphatic heterocycles. The van der Waals surface area contributed by atoms with Gasteiger partial charge >= 0.3 is 5.97 Å². The first-order chi connectivity index (χ1) is 10.1. The molecule has 118 valence electrons. The van der Waals surface area contributed by atoms with Crippen LogP contribution in [-0.2, 0) is 19.1 Å². The number of aldehydes is 1. The highest BCUT2D eigenvalue weighted by atomic mass is 127. The topological polar surface area (TPSA) is 60.4 Å². The molecule has 2 aliphatic rings. The summed E-state index contributed by atoms with van der Waals surface area (Å²) >= 11 is -0.00942. The number of carbonyl (C=O) groups excluding carboxylic acids is 3. The van der Waals surface area contributed by atoms with Gasteiger partial charge in [0, 0.05) is 18.8 Å². The first-order valence-electron chi connectivity index (χ1n) is 7.82. The lowest BCUT2D eigenvalue weighted by Gasteiger charge is -2.25. The van der Waals surface area contributed by atoms with Crippen LogP contribution in [0.15, 0.2) is 0 Å². The molecular formula is C16H24IO4+. The van der Waals surface area contributed by atoms with Crippen LogP contribution in [-0.4, -0.2) is 33.0 Å². The zero-order chi connectivity index (χ0) is 15.2. The van der Waals surface area contributed by atoms with Gasteiger partial charge in [-0.05, 0) is 38.5 Å². The Morgan fingerprint density at radius 3 is 2.14 bits per heavy atom. The van der Waals surface area contributed by atoms with E-state index in [-0.39, 0.29) is 44.8 Å². The first kappa shape index (κ1) is 16.9. The summed E-state index contributed by atoms with van der Waals surface area (Å²) in [5, 5.41) is 0. The quantitative estimate of drug-likeness (QED) is 0.196. The minimum atomic E-state index is -0.209. The standard InChI is InChI=1S/C16H24IO4/c1-21-16(20)12-5-3-7-14(9-12)17-13-6-2-4-11(8-13)15(19)10-18/h10-14H,2-9H2,1H3/q+1. The van der Waals surface area contributed by atoms with Crippen molar-refractivity contribution in [3.8, 4) is 0 Å². The molecule has 5 heteroatoms. The second-order valence-corrected chi connectivity index (χ2v) is 10.3. The molecule has 2 rings (SSSR count). The fraction of sp³-hybridized carbons (Fsp3) is 0.812. The van der Waals surface area contributed by atoms with Crippen molar-refractivity contribution in [1.82, 2.24) is 0 Å². The number of hydrogen-bond donors (Lipinski definition) is 0. The summed E-state index contributed by atoms with van der Waals surface area (Å²) in [5.74, 6) is -0.202. The number of Topliss-reactive ketones (excluding diaryl/α,β-unsaturated/α-hetero) is 1. The number of esters is 1. The van der Waals surface area contributed by atoms with Gasteiger partial charge in [0.15, 0.2) is 19.9 Å².